The molecule has 1 aromatic heterocycles. The van der Waals surface area contributed by atoms with Crippen molar-refractivity contribution < 1.29 is 9.59 Å². The minimum atomic E-state index is -0.265. The smallest absolute Gasteiger partial charge is 0.261 e. The minimum Gasteiger partial charge on any atom is -0.269 e. The maximum Gasteiger partial charge on any atom is 0.261 e. The lowest BCUT2D eigenvalue weighted by Gasteiger charge is -2.11. The van der Waals surface area contributed by atoms with E-state index in [1.807, 2.05) is 17.5 Å². The number of halogens is 1. The average Bonchev–Trinajstić information content (AvgIpc) is 3.16. The van der Waals surface area contributed by atoms with Crippen LogP contribution in [0.4, 0.5) is 0 Å². The van der Waals surface area contributed by atoms with Gasteiger partial charge in [0.15, 0.2) is 0 Å². The first-order valence-corrected chi connectivity index (χ1v) is 8.55. The minimum absolute atomic E-state index is 0.185. The summed E-state index contributed by atoms with van der Waals surface area (Å²) < 4.78 is 0. The van der Waals surface area contributed by atoms with Crippen molar-refractivity contribution >= 4 is 34.8 Å². The SMILES string of the molecule is O=C1c2ccccc2C(=O)N1Cc1nc(-c2ccc(Cl)cc2)cs1. The Morgan fingerprint density at radius 1 is 0.958 bits per heavy atom. The molecule has 2 amide bonds. The molecule has 1 aliphatic heterocycles. The van der Waals surface area contributed by atoms with Crippen LogP contribution in [-0.2, 0) is 6.54 Å². The van der Waals surface area contributed by atoms with Crippen molar-refractivity contribution in [2.24, 2.45) is 0 Å². The number of amides is 2. The lowest BCUT2D eigenvalue weighted by Crippen LogP contribution is -2.29. The highest BCUT2D eigenvalue weighted by Crippen LogP contribution is 2.27. The van der Waals surface area contributed by atoms with Crippen LogP contribution in [0.1, 0.15) is 25.7 Å². The molecule has 118 valence electrons. The third kappa shape index (κ3) is 2.52. The van der Waals surface area contributed by atoms with E-state index >= 15 is 0 Å². The third-order valence-corrected chi connectivity index (χ3v) is 4.95. The van der Waals surface area contributed by atoms with Crippen LogP contribution < -0.4 is 0 Å². The van der Waals surface area contributed by atoms with E-state index in [-0.39, 0.29) is 18.4 Å². The molecule has 4 rings (SSSR count). The number of nitrogens with zero attached hydrogens (tertiary/aromatic N) is 2. The molecular weight excluding hydrogens is 344 g/mol. The van der Waals surface area contributed by atoms with Crippen molar-refractivity contribution in [3.8, 4) is 11.3 Å². The highest BCUT2D eigenvalue weighted by Gasteiger charge is 2.35. The van der Waals surface area contributed by atoms with Gasteiger partial charge in [0.1, 0.15) is 5.01 Å². The fourth-order valence-electron chi connectivity index (χ4n) is 2.65. The summed E-state index contributed by atoms with van der Waals surface area (Å²) in [5, 5.41) is 3.30. The Balaban J connectivity index is 1.58. The van der Waals surface area contributed by atoms with Crippen LogP contribution in [0, 0.1) is 0 Å². The molecule has 1 aliphatic rings. The first-order chi connectivity index (χ1) is 11.6. The Bertz CT molecular complexity index is 915. The maximum atomic E-state index is 12.4. The van der Waals surface area contributed by atoms with Crippen LogP contribution in [0.3, 0.4) is 0 Å². The number of hydrogen-bond donors (Lipinski definition) is 0. The van der Waals surface area contributed by atoms with Gasteiger partial charge < -0.3 is 0 Å². The van der Waals surface area contributed by atoms with Gasteiger partial charge in [0.25, 0.3) is 11.8 Å². The van der Waals surface area contributed by atoms with Gasteiger partial charge in [0.2, 0.25) is 0 Å². The first-order valence-electron chi connectivity index (χ1n) is 7.29. The molecule has 2 heterocycles. The molecule has 0 fully saturated rings. The number of carbonyl (C=O) groups is 2. The van der Waals surface area contributed by atoms with Gasteiger partial charge in [-0.15, -0.1) is 11.3 Å². The van der Waals surface area contributed by atoms with Crippen LogP contribution in [-0.4, -0.2) is 21.7 Å². The Morgan fingerprint density at radius 3 is 2.21 bits per heavy atom. The molecule has 6 heteroatoms. The number of benzene rings is 2. The monoisotopic (exact) mass is 354 g/mol. The Kier molecular flexibility index (Phi) is 3.67. The Morgan fingerprint density at radius 2 is 1.58 bits per heavy atom. The van der Waals surface area contributed by atoms with Gasteiger partial charge in [-0.05, 0) is 24.3 Å². The van der Waals surface area contributed by atoms with Crippen molar-refractivity contribution in [3.05, 3.63) is 75.1 Å². The van der Waals surface area contributed by atoms with Crippen molar-refractivity contribution in [2.75, 3.05) is 0 Å². The van der Waals surface area contributed by atoms with Crippen molar-refractivity contribution in [1.82, 2.24) is 9.88 Å². The summed E-state index contributed by atoms with van der Waals surface area (Å²) in [4.78, 5) is 30.6. The zero-order valence-corrected chi connectivity index (χ0v) is 14.0. The van der Waals surface area contributed by atoms with E-state index < -0.39 is 0 Å². The molecule has 4 nitrogen and oxygen atoms in total. The van der Waals surface area contributed by atoms with E-state index in [0.29, 0.717) is 16.1 Å². The predicted octanol–water partition coefficient (Wildman–Crippen LogP) is 4.26. The van der Waals surface area contributed by atoms with E-state index in [4.69, 9.17) is 11.6 Å². The van der Waals surface area contributed by atoms with Crippen molar-refractivity contribution in [2.45, 2.75) is 6.54 Å². The largest absolute Gasteiger partial charge is 0.269 e. The van der Waals surface area contributed by atoms with Gasteiger partial charge in [-0.1, -0.05) is 35.9 Å². The van der Waals surface area contributed by atoms with Gasteiger partial charge in [0.05, 0.1) is 23.4 Å². The Labute approximate surface area is 147 Å². The van der Waals surface area contributed by atoms with E-state index in [9.17, 15) is 9.59 Å². The van der Waals surface area contributed by atoms with E-state index in [1.165, 1.54) is 16.2 Å². The zero-order chi connectivity index (χ0) is 16.7. The van der Waals surface area contributed by atoms with Crippen LogP contribution in [0.2, 0.25) is 5.02 Å². The predicted molar refractivity (Wildman–Crippen MR) is 93.2 cm³/mol. The van der Waals surface area contributed by atoms with E-state index in [2.05, 4.69) is 4.98 Å². The first kappa shape index (κ1) is 15.1. The lowest BCUT2D eigenvalue weighted by molar-refractivity contribution is 0.0642. The highest BCUT2D eigenvalue weighted by molar-refractivity contribution is 7.09. The molecule has 24 heavy (non-hydrogen) atoms. The van der Waals surface area contributed by atoms with Gasteiger partial charge in [-0.25, -0.2) is 4.98 Å². The molecule has 0 atom stereocenters. The van der Waals surface area contributed by atoms with Crippen molar-refractivity contribution in [3.63, 3.8) is 0 Å². The standard InChI is InChI=1S/C18H11ClN2O2S/c19-12-7-5-11(6-8-12)15-10-24-16(20-15)9-21-17(22)13-3-1-2-4-14(13)18(21)23/h1-8,10H,9H2. The summed E-state index contributed by atoms with van der Waals surface area (Å²) in [6.07, 6.45) is 0. The number of aromatic nitrogens is 1. The molecule has 0 aliphatic carbocycles. The van der Waals surface area contributed by atoms with Gasteiger partial charge in [-0.3, -0.25) is 14.5 Å². The molecule has 0 saturated carbocycles. The van der Waals surface area contributed by atoms with Crippen LogP contribution in [0.15, 0.2) is 53.9 Å². The number of hydrogen-bond acceptors (Lipinski definition) is 4. The molecule has 0 radical (unpaired) electrons. The number of thiazole rings is 1. The zero-order valence-electron chi connectivity index (χ0n) is 12.4. The molecular formula is C18H11ClN2O2S. The summed E-state index contributed by atoms with van der Waals surface area (Å²) in [5.41, 5.74) is 2.67. The quantitative estimate of drug-likeness (QED) is 0.660. The number of rotatable bonds is 3. The molecule has 2 aromatic carbocycles. The molecule has 0 saturated heterocycles. The van der Waals surface area contributed by atoms with E-state index in [0.717, 1.165) is 16.3 Å². The molecule has 3 aromatic rings. The fourth-order valence-corrected chi connectivity index (χ4v) is 3.57. The van der Waals surface area contributed by atoms with Gasteiger partial charge in [-0.2, -0.15) is 0 Å². The third-order valence-electron chi connectivity index (χ3n) is 3.86. The molecule has 0 N–H and O–H groups in total. The second kappa shape index (κ2) is 5.85. The van der Waals surface area contributed by atoms with Crippen molar-refractivity contribution in [1.29, 1.82) is 0 Å². The van der Waals surface area contributed by atoms with Crippen LogP contribution in [0.25, 0.3) is 11.3 Å². The summed E-state index contributed by atoms with van der Waals surface area (Å²) in [5.74, 6) is -0.530. The maximum absolute atomic E-state index is 12.4. The lowest BCUT2D eigenvalue weighted by atomic mass is 10.1. The summed E-state index contributed by atoms with van der Waals surface area (Å²) in [6.45, 7) is 0.185. The number of fused-ring (bicyclic) bond motifs is 1. The van der Waals surface area contributed by atoms with Crippen LogP contribution in [0.5, 0.6) is 0 Å². The molecule has 0 unspecified atom stereocenters. The second-order valence-electron chi connectivity index (χ2n) is 5.38. The van der Waals surface area contributed by atoms with Crippen LogP contribution >= 0.6 is 22.9 Å². The van der Waals surface area contributed by atoms with Gasteiger partial charge in [0, 0.05) is 16.0 Å². The Hall–Kier alpha value is -2.50. The summed E-state index contributed by atoms with van der Waals surface area (Å²) in [7, 11) is 0. The van der Waals surface area contributed by atoms with Gasteiger partial charge >= 0.3 is 0 Å². The fraction of sp³-hybridized carbons (Fsp3) is 0.0556. The number of carbonyl (C=O) groups excluding carboxylic acids is 2. The topological polar surface area (TPSA) is 50.3 Å². The second-order valence-corrected chi connectivity index (χ2v) is 6.75. The summed E-state index contributed by atoms with van der Waals surface area (Å²) >= 11 is 7.32. The molecule has 0 bridgehead atoms. The average molecular weight is 355 g/mol. The highest BCUT2D eigenvalue weighted by atomic mass is 35.5. The number of imide groups is 1. The molecule has 0 spiro atoms. The normalized spacial score (nSPS) is 13.5. The van der Waals surface area contributed by atoms with E-state index in [1.54, 1.807) is 36.4 Å². The summed E-state index contributed by atoms with van der Waals surface area (Å²) in [6, 6.07) is 14.3.